The Hall–Kier alpha value is -1.08. The molecule has 0 bridgehead atoms. The molecule has 1 unspecified atom stereocenters. The Morgan fingerprint density at radius 3 is 2.58 bits per heavy atom. The number of carboxylic acid groups (broad SMARTS) is 1. The lowest BCUT2D eigenvalue weighted by Crippen LogP contribution is -2.35. The maximum absolute atomic E-state index is 11.6. The van der Waals surface area contributed by atoms with Crippen molar-refractivity contribution < 1.29 is 14.7 Å². The molecule has 0 radical (unpaired) electrons. The second kappa shape index (κ2) is 7.49. The molecule has 2 amide bonds. The summed E-state index contributed by atoms with van der Waals surface area (Å²) in [4.78, 5) is 22.5. The van der Waals surface area contributed by atoms with Gasteiger partial charge >= 0.3 is 12.0 Å². The summed E-state index contributed by atoms with van der Waals surface area (Å²) < 4.78 is 1.63. The van der Waals surface area contributed by atoms with Crippen LogP contribution in [-0.4, -0.2) is 23.7 Å². The fourth-order valence-electron chi connectivity index (χ4n) is 1.38. The normalized spacial score (nSPS) is 11.7. The number of urea groups is 1. The van der Waals surface area contributed by atoms with Gasteiger partial charge in [-0.15, -0.1) is 0 Å². The van der Waals surface area contributed by atoms with E-state index in [0.29, 0.717) is 12.1 Å². The van der Waals surface area contributed by atoms with Crippen LogP contribution in [0.4, 0.5) is 10.5 Å². The fraction of sp³-hybridized carbons (Fsp3) is 0.333. The summed E-state index contributed by atoms with van der Waals surface area (Å²) in [5, 5.41) is 14.1. The number of rotatable bonds is 5. The predicted octanol–water partition coefficient (Wildman–Crippen LogP) is 3.44. The first kappa shape index (κ1) is 16.0. The van der Waals surface area contributed by atoms with Crippen molar-refractivity contribution in [2.45, 2.75) is 13.3 Å². The number of hydrogen-bond acceptors (Lipinski definition) is 2. The Morgan fingerprint density at radius 1 is 1.37 bits per heavy atom. The minimum Gasteiger partial charge on any atom is -0.481 e. The number of aliphatic carboxylic acids is 1. The van der Waals surface area contributed by atoms with Gasteiger partial charge in [-0.1, -0.05) is 22.9 Å². The highest BCUT2D eigenvalue weighted by atomic mass is 79.9. The second-order valence-corrected chi connectivity index (χ2v) is 5.67. The molecule has 0 spiro atoms. The highest BCUT2D eigenvalue weighted by Crippen LogP contribution is 2.25. The monoisotopic (exact) mass is 392 g/mol. The van der Waals surface area contributed by atoms with Crippen molar-refractivity contribution in [1.29, 1.82) is 0 Å². The first-order chi connectivity index (χ1) is 8.93. The van der Waals surface area contributed by atoms with Crippen LogP contribution >= 0.6 is 31.9 Å². The van der Waals surface area contributed by atoms with Crippen molar-refractivity contribution in [3.63, 3.8) is 0 Å². The summed E-state index contributed by atoms with van der Waals surface area (Å²) in [5.74, 6) is -1.48. The van der Waals surface area contributed by atoms with E-state index in [2.05, 4.69) is 42.5 Å². The quantitative estimate of drug-likeness (QED) is 0.716. The second-order valence-electron chi connectivity index (χ2n) is 3.90. The molecule has 0 saturated carbocycles. The Morgan fingerprint density at radius 2 is 2.05 bits per heavy atom. The molecule has 5 nitrogen and oxygen atoms in total. The van der Waals surface area contributed by atoms with Crippen LogP contribution in [0.2, 0.25) is 0 Å². The number of amides is 2. The summed E-state index contributed by atoms with van der Waals surface area (Å²) in [5.41, 5.74) is 0.615. The van der Waals surface area contributed by atoms with Crippen molar-refractivity contribution in [3.05, 3.63) is 27.1 Å². The van der Waals surface area contributed by atoms with E-state index < -0.39 is 17.9 Å². The third-order valence-corrected chi connectivity index (χ3v) is 3.68. The Bertz CT molecular complexity index is 480. The topological polar surface area (TPSA) is 78.4 Å². The molecule has 0 aromatic heterocycles. The summed E-state index contributed by atoms with van der Waals surface area (Å²) in [6, 6.07) is 4.92. The van der Waals surface area contributed by atoms with Gasteiger partial charge in [0, 0.05) is 15.5 Å². The average Bonchev–Trinajstić information content (AvgIpc) is 2.33. The molecule has 1 aromatic rings. The van der Waals surface area contributed by atoms with Crippen LogP contribution < -0.4 is 10.6 Å². The summed E-state index contributed by atoms with van der Waals surface area (Å²) >= 11 is 6.64. The lowest BCUT2D eigenvalue weighted by molar-refractivity contribution is -0.141. The zero-order chi connectivity index (χ0) is 14.4. The van der Waals surface area contributed by atoms with E-state index in [0.717, 1.165) is 8.95 Å². The zero-order valence-corrected chi connectivity index (χ0v) is 13.4. The average molecular weight is 394 g/mol. The fourth-order valence-corrected chi connectivity index (χ4v) is 2.53. The van der Waals surface area contributed by atoms with E-state index in [1.54, 1.807) is 19.1 Å². The first-order valence-corrected chi connectivity index (χ1v) is 7.25. The van der Waals surface area contributed by atoms with Crippen molar-refractivity contribution in [2.24, 2.45) is 5.92 Å². The molecule has 7 heteroatoms. The molecule has 3 N–H and O–H groups in total. The van der Waals surface area contributed by atoms with Crippen molar-refractivity contribution in [3.8, 4) is 0 Å². The molecule has 0 aliphatic rings. The molecule has 19 heavy (non-hydrogen) atoms. The largest absolute Gasteiger partial charge is 0.481 e. The first-order valence-electron chi connectivity index (χ1n) is 5.66. The van der Waals surface area contributed by atoms with Crippen molar-refractivity contribution in [2.75, 3.05) is 11.9 Å². The van der Waals surface area contributed by atoms with E-state index in [1.165, 1.54) is 0 Å². The standard InChI is InChI=1S/C12H14Br2N2O3/c1-2-7(11(17)18)6-15-12(19)16-10-4-3-8(13)5-9(10)14/h3-5,7H,2,6H2,1H3,(H,17,18)(H2,15,16,19). The van der Waals surface area contributed by atoms with Gasteiger partial charge in [0.25, 0.3) is 0 Å². The zero-order valence-electron chi connectivity index (χ0n) is 10.2. The smallest absolute Gasteiger partial charge is 0.319 e. The lowest BCUT2D eigenvalue weighted by atomic mass is 10.1. The molecule has 0 aliphatic carbocycles. The Labute approximate surface area is 128 Å². The van der Waals surface area contributed by atoms with Gasteiger partial charge in [-0.3, -0.25) is 4.79 Å². The molecular formula is C12H14Br2N2O3. The molecule has 0 aliphatic heterocycles. The van der Waals surface area contributed by atoms with E-state index in [1.807, 2.05) is 6.07 Å². The molecular weight excluding hydrogens is 380 g/mol. The van der Waals surface area contributed by atoms with Crippen LogP contribution in [0, 0.1) is 5.92 Å². The molecule has 0 fully saturated rings. The van der Waals surface area contributed by atoms with Gasteiger partial charge in [-0.05, 0) is 40.5 Å². The van der Waals surface area contributed by atoms with Crippen LogP contribution in [0.25, 0.3) is 0 Å². The van der Waals surface area contributed by atoms with Crippen molar-refractivity contribution >= 4 is 49.5 Å². The summed E-state index contributed by atoms with van der Waals surface area (Å²) in [6.45, 7) is 1.87. The SMILES string of the molecule is CCC(CNC(=O)Nc1ccc(Br)cc1Br)C(=O)O. The third-order valence-electron chi connectivity index (χ3n) is 2.53. The molecule has 104 valence electrons. The number of anilines is 1. The van der Waals surface area contributed by atoms with E-state index in [-0.39, 0.29) is 6.54 Å². The van der Waals surface area contributed by atoms with Gasteiger partial charge in [0.05, 0.1) is 11.6 Å². The minimum absolute atomic E-state index is 0.103. The van der Waals surface area contributed by atoms with Gasteiger partial charge in [-0.2, -0.15) is 0 Å². The Balaban J connectivity index is 2.53. The highest BCUT2D eigenvalue weighted by molar-refractivity contribution is 9.11. The molecule has 1 rings (SSSR count). The van der Waals surface area contributed by atoms with Crippen LogP contribution in [0.5, 0.6) is 0 Å². The molecule has 1 atom stereocenters. The van der Waals surface area contributed by atoms with E-state index in [9.17, 15) is 9.59 Å². The number of halogens is 2. The van der Waals surface area contributed by atoms with Gasteiger partial charge in [0.15, 0.2) is 0 Å². The maximum Gasteiger partial charge on any atom is 0.319 e. The van der Waals surface area contributed by atoms with Gasteiger partial charge in [-0.25, -0.2) is 4.79 Å². The third kappa shape index (κ3) is 5.20. The van der Waals surface area contributed by atoms with Crippen molar-refractivity contribution in [1.82, 2.24) is 5.32 Å². The number of hydrogen-bond donors (Lipinski definition) is 3. The van der Waals surface area contributed by atoms with Gasteiger partial charge in [0.1, 0.15) is 0 Å². The van der Waals surface area contributed by atoms with E-state index in [4.69, 9.17) is 5.11 Å². The molecule has 1 aromatic carbocycles. The number of nitrogens with one attached hydrogen (secondary N) is 2. The number of carbonyl (C=O) groups is 2. The van der Waals surface area contributed by atoms with E-state index >= 15 is 0 Å². The number of carbonyl (C=O) groups excluding carboxylic acids is 1. The Kier molecular flexibility index (Phi) is 6.30. The number of carboxylic acids is 1. The lowest BCUT2D eigenvalue weighted by Gasteiger charge is -2.12. The van der Waals surface area contributed by atoms with Crippen LogP contribution in [0.1, 0.15) is 13.3 Å². The summed E-state index contributed by atoms with van der Waals surface area (Å²) in [6.07, 6.45) is 0.470. The van der Waals surface area contributed by atoms with Gasteiger partial charge < -0.3 is 15.7 Å². The van der Waals surface area contributed by atoms with Crippen LogP contribution in [-0.2, 0) is 4.79 Å². The maximum atomic E-state index is 11.6. The molecule has 0 heterocycles. The minimum atomic E-state index is -0.910. The van der Waals surface area contributed by atoms with Crippen LogP contribution in [0.15, 0.2) is 27.1 Å². The highest BCUT2D eigenvalue weighted by Gasteiger charge is 2.16. The number of benzene rings is 1. The summed E-state index contributed by atoms with van der Waals surface area (Å²) in [7, 11) is 0. The molecule has 0 saturated heterocycles. The van der Waals surface area contributed by atoms with Gasteiger partial charge in [0.2, 0.25) is 0 Å². The predicted molar refractivity (Wildman–Crippen MR) is 80.3 cm³/mol. The van der Waals surface area contributed by atoms with Crippen LogP contribution in [0.3, 0.4) is 0 Å².